The first-order chi connectivity index (χ1) is 4.22. The highest BCUT2D eigenvalue weighted by molar-refractivity contribution is 5.11. The lowest BCUT2D eigenvalue weighted by atomic mass is 10.4. The van der Waals surface area contributed by atoms with Crippen LogP contribution in [0.1, 0.15) is 6.92 Å². The summed E-state index contributed by atoms with van der Waals surface area (Å²) in [6.07, 6.45) is 3.64. The van der Waals surface area contributed by atoms with Crippen LogP contribution in [0.15, 0.2) is 24.4 Å². The van der Waals surface area contributed by atoms with Crippen molar-refractivity contribution in [2.24, 2.45) is 0 Å². The Morgan fingerprint density at radius 3 is 2.56 bits per heavy atom. The average Bonchev–Trinajstić information content (AvgIpc) is 1.87. The summed E-state index contributed by atoms with van der Waals surface area (Å²) in [5.41, 5.74) is 1.01. The van der Waals surface area contributed by atoms with Gasteiger partial charge in [0.05, 0.1) is 0 Å². The topological polar surface area (TPSA) is 3.24 Å². The van der Waals surface area contributed by atoms with E-state index in [2.05, 4.69) is 25.3 Å². The van der Waals surface area contributed by atoms with Gasteiger partial charge in [0.1, 0.15) is 0 Å². The van der Waals surface area contributed by atoms with E-state index in [9.17, 15) is 0 Å². The lowest BCUT2D eigenvalue weighted by Crippen LogP contribution is -2.14. The molecule has 9 heavy (non-hydrogen) atoms. The van der Waals surface area contributed by atoms with E-state index in [-0.39, 0.29) is 0 Å². The van der Waals surface area contributed by atoms with Gasteiger partial charge in [-0.15, -0.1) is 0 Å². The van der Waals surface area contributed by atoms with Gasteiger partial charge in [0.25, 0.3) is 0 Å². The molecule has 0 aliphatic carbocycles. The maximum atomic E-state index is 3.81. The first-order valence-corrected chi connectivity index (χ1v) is 3.08. The number of allylic oxidation sites excluding steroid dienone is 3. The van der Waals surface area contributed by atoms with E-state index in [0.29, 0.717) is 0 Å². The Hall–Kier alpha value is -0.720. The van der Waals surface area contributed by atoms with Gasteiger partial charge in [-0.1, -0.05) is 12.7 Å². The van der Waals surface area contributed by atoms with Gasteiger partial charge in [0, 0.05) is 19.3 Å². The van der Waals surface area contributed by atoms with Crippen molar-refractivity contribution in [1.29, 1.82) is 0 Å². The number of nitrogens with zero attached hydrogens (tertiary/aromatic N) is 1. The highest BCUT2D eigenvalue weighted by Gasteiger charge is 1.90. The molecule has 0 unspecified atom stereocenters. The lowest BCUT2D eigenvalue weighted by Gasteiger charge is -2.15. The molecule has 51 valence electrons. The fourth-order valence-electron chi connectivity index (χ4n) is 0.466. The number of hydrogen-bond acceptors (Lipinski definition) is 1. The maximum Gasteiger partial charge on any atom is 0.0143 e. The van der Waals surface area contributed by atoms with E-state index in [1.807, 2.05) is 13.1 Å². The molecule has 0 heterocycles. The van der Waals surface area contributed by atoms with Gasteiger partial charge < -0.3 is 4.90 Å². The molecule has 0 aromatic carbocycles. The normalized spacial score (nSPS) is 11.2. The smallest absolute Gasteiger partial charge is 0.0143 e. The summed E-state index contributed by atoms with van der Waals surface area (Å²) in [6, 6.07) is 0. The molecule has 0 rings (SSSR count). The summed E-state index contributed by atoms with van der Waals surface area (Å²) in [5.74, 6) is 0. The molecule has 0 aromatic heterocycles. The van der Waals surface area contributed by atoms with Crippen molar-refractivity contribution in [3.05, 3.63) is 31.4 Å². The van der Waals surface area contributed by atoms with Gasteiger partial charge in [-0.3, -0.25) is 0 Å². The van der Waals surface area contributed by atoms with E-state index in [4.69, 9.17) is 0 Å². The minimum Gasteiger partial charge on any atom is -0.378 e. The summed E-state index contributed by atoms with van der Waals surface area (Å²) >= 11 is 0. The molecule has 0 spiro atoms. The van der Waals surface area contributed by atoms with Crippen LogP contribution < -0.4 is 0 Å². The van der Waals surface area contributed by atoms with Crippen LogP contribution in [0.25, 0.3) is 0 Å². The molecule has 0 bridgehead atoms. The van der Waals surface area contributed by atoms with E-state index in [1.54, 1.807) is 6.08 Å². The molecule has 0 saturated carbocycles. The van der Waals surface area contributed by atoms with Crippen LogP contribution in [0.2, 0.25) is 0 Å². The van der Waals surface area contributed by atoms with E-state index in [0.717, 1.165) is 12.2 Å². The zero-order valence-corrected chi connectivity index (χ0v) is 6.22. The first-order valence-electron chi connectivity index (χ1n) is 3.08. The molecule has 0 amide bonds. The molecular weight excluding hydrogens is 110 g/mol. The van der Waals surface area contributed by atoms with Crippen molar-refractivity contribution in [2.45, 2.75) is 6.92 Å². The Morgan fingerprint density at radius 2 is 2.22 bits per heavy atom. The molecule has 0 saturated heterocycles. The van der Waals surface area contributed by atoms with Crippen molar-refractivity contribution in [2.75, 3.05) is 13.6 Å². The third-order valence-electron chi connectivity index (χ3n) is 1.27. The Balaban J connectivity index is 3.84. The molecule has 1 heteroatoms. The summed E-state index contributed by atoms with van der Waals surface area (Å²) in [4.78, 5) is 2.06. The predicted octanol–water partition coefficient (Wildman–Crippen LogP) is 1.84. The molecule has 0 aliphatic heterocycles. The molecule has 0 atom stereocenters. The van der Waals surface area contributed by atoms with Crippen molar-refractivity contribution in [1.82, 2.24) is 4.90 Å². The Kier molecular flexibility index (Phi) is 3.85. The highest BCUT2D eigenvalue weighted by atomic mass is 15.1. The average molecular weight is 124 g/mol. The fourth-order valence-corrected chi connectivity index (χ4v) is 0.466. The monoisotopic (exact) mass is 124 g/mol. The van der Waals surface area contributed by atoms with Crippen LogP contribution in [0.3, 0.4) is 0 Å². The van der Waals surface area contributed by atoms with Gasteiger partial charge in [-0.25, -0.2) is 0 Å². The van der Waals surface area contributed by atoms with Gasteiger partial charge in [-0.05, 0) is 19.9 Å². The molecule has 1 radical (unpaired) electrons. The molecule has 1 nitrogen and oxygen atoms in total. The second-order valence-corrected chi connectivity index (χ2v) is 1.91. The standard InChI is InChI=1S/C8H14N/c1-5-7-8(3)9(4)6-2/h5,7H,1,3,6H2,2,4H3/b8-7+. The van der Waals surface area contributed by atoms with Crippen LogP contribution in [0.5, 0.6) is 0 Å². The minimum absolute atomic E-state index is 0.989. The third-order valence-corrected chi connectivity index (χ3v) is 1.27. The highest BCUT2D eigenvalue weighted by Crippen LogP contribution is 1.96. The van der Waals surface area contributed by atoms with Gasteiger partial charge in [-0.2, -0.15) is 0 Å². The van der Waals surface area contributed by atoms with Gasteiger partial charge in [0.2, 0.25) is 0 Å². The molecule has 0 aliphatic rings. The second kappa shape index (κ2) is 4.19. The molecule has 0 aromatic rings. The third kappa shape index (κ3) is 2.96. The quantitative estimate of drug-likeness (QED) is 0.519. The van der Waals surface area contributed by atoms with Crippen LogP contribution in [-0.2, 0) is 0 Å². The van der Waals surface area contributed by atoms with Crippen LogP contribution in [-0.4, -0.2) is 18.5 Å². The molecule has 0 N–H and O–H groups in total. The van der Waals surface area contributed by atoms with Crippen molar-refractivity contribution < 1.29 is 0 Å². The Bertz CT molecular complexity index is 114. The summed E-state index contributed by atoms with van der Waals surface area (Å²) in [6.45, 7) is 10.5. The van der Waals surface area contributed by atoms with Gasteiger partial charge >= 0.3 is 0 Å². The number of rotatable bonds is 3. The maximum absolute atomic E-state index is 3.81. The fraction of sp³-hybridized carbons (Fsp3) is 0.375. The summed E-state index contributed by atoms with van der Waals surface area (Å²) in [5, 5.41) is 0. The largest absolute Gasteiger partial charge is 0.378 e. The minimum atomic E-state index is 0.989. The van der Waals surface area contributed by atoms with E-state index < -0.39 is 0 Å². The molecule has 0 fully saturated rings. The second-order valence-electron chi connectivity index (χ2n) is 1.91. The van der Waals surface area contributed by atoms with E-state index >= 15 is 0 Å². The zero-order chi connectivity index (χ0) is 7.28. The Morgan fingerprint density at radius 1 is 1.67 bits per heavy atom. The Labute approximate surface area is 57.7 Å². The number of hydrogen-bond donors (Lipinski definition) is 0. The van der Waals surface area contributed by atoms with Crippen molar-refractivity contribution in [3.8, 4) is 0 Å². The predicted molar refractivity (Wildman–Crippen MR) is 41.9 cm³/mol. The van der Waals surface area contributed by atoms with Crippen LogP contribution in [0, 0.1) is 6.92 Å². The van der Waals surface area contributed by atoms with E-state index in [1.165, 1.54) is 0 Å². The van der Waals surface area contributed by atoms with Gasteiger partial charge in [0.15, 0.2) is 0 Å². The first kappa shape index (κ1) is 8.28. The van der Waals surface area contributed by atoms with Crippen molar-refractivity contribution in [3.63, 3.8) is 0 Å². The zero-order valence-electron chi connectivity index (χ0n) is 6.22. The lowest BCUT2D eigenvalue weighted by molar-refractivity contribution is 0.455. The van der Waals surface area contributed by atoms with Crippen LogP contribution >= 0.6 is 0 Å². The van der Waals surface area contributed by atoms with Crippen LogP contribution in [0.4, 0.5) is 0 Å². The summed E-state index contributed by atoms with van der Waals surface area (Å²) in [7, 11) is 2.00. The van der Waals surface area contributed by atoms with Crippen molar-refractivity contribution >= 4 is 0 Å². The molecular formula is C8H14N. The summed E-state index contributed by atoms with van der Waals surface area (Å²) < 4.78 is 0. The SMILES string of the molecule is [CH2]/C(=C\C=C)N(C)CC.